The number of aromatic nitrogens is 2. The first kappa shape index (κ1) is 28.5. The van der Waals surface area contributed by atoms with E-state index in [1.54, 1.807) is 6.20 Å². The van der Waals surface area contributed by atoms with Gasteiger partial charge in [-0.05, 0) is 22.9 Å². The molecular weight excluding hydrogens is 544 g/mol. The highest BCUT2D eigenvalue weighted by Gasteiger charge is 2.48. The van der Waals surface area contributed by atoms with E-state index in [-0.39, 0.29) is 12.3 Å². The van der Waals surface area contributed by atoms with Crippen LogP contribution in [0.4, 0.5) is 0 Å². The number of hydrogen-bond donors (Lipinski definition) is 1. The number of ether oxygens (including phenoxy) is 4. The smallest absolute Gasteiger partial charge is 0.328 e. The minimum Gasteiger partial charge on any atom is -0.374 e. The zero-order valence-corrected chi connectivity index (χ0v) is 23.8. The van der Waals surface area contributed by atoms with Crippen LogP contribution in [0.2, 0.25) is 0 Å². The molecule has 0 amide bonds. The van der Waals surface area contributed by atoms with Crippen molar-refractivity contribution in [1.29, 1.82) is 0 Å². The maximum atomic E-state index is 13.1. The van der Waals surface area contributed by atoms with Crippen LogP contribution in [0.5, 0.6) is 0 Å². The van der Waals surface area contributed by atoms with Crippen molar-refractivity contribution in [2.75, 3.05) is 12.9 Å². The van der Waals surface area contributed by atoms with Crippen molar-refractivity contribution in [3.05, 3.63) is 129 Å². The predicted molar refractivity (Wildman–Crippen MR) is 158 cm³/mol. The van der Waals surface area contributed by atoms with Crippen molar-refractivity contribution in [1.82, 2.24) is 9.55 Å². The number of aromatic amines is 1. The van der Waals surface area contributed by atoms with Gasteiger partial charge in [0.2, 0.25) is 0 Å². The third-order valence-corrected chi connectivity index (χ3v) is 7.88. The van der Waals surface area contributed by atoms with Crippen LogP contribution in [0, 0.1) is 4.64 Å². The molecule has 0 spiro atoms. The summed E-state index contributed by atoms with van der Waals surface area (Å²) in [6, 6.07) is 29.8. The zero-order chi connectivity index (χ0) is 27.7. The molecule has 0 saturated carbocycles. The molecule has 0 radical (unpaired) electrons. The van der Waals surface area contributed by atoms with Crippen LogP contribution in [0.3, 0.4) is 0 Å². The molecule has 1 aliphatic rings. The van der Waals surface area contributed by atoms with Crippen molar-refractivity contribution in [3.63, 3.8) is 0 Å². The van der Waals surface area contributed by atoms with E-state index in [1.165, 1.54) is 16.3 Å². The molecule has 5 rings (SSSR count). The van der Waals surface area contributed by atoms with E-state index >= 15 is 0 Å². The van der Waals surface area contributed by atoms with E-state index in [0.29, 0.717) is 24.5 Å². The van der Waals surface area contributed by atoms with Crippen LogP contribution >= 0.6 is 24.0 Å². The lowest BCUT2D eigenvalue weighted by molar-refractivity contribution is -0.0922. The first-order valence-electron chi connectivity index (χ1n) is 13.1. The normalized spacial score (nSPS) is 20.5. The lowest BCUT2D eigenvalue weighted by Gasteiger charge is -2.26. The Labute approximate surface area is 243 Å². The van der Waals surface area contributed by atoms with Crippen molar-refractivity contribution in [2.24, 2.45) is 0 Å². The van der Waals surface area contributed by atoms with Crippen LogP contribution in [0.25, 0.3) is 0 Å². The van der Waals surface area contributed by atoms with Gasteiger partial charge in [-0.25, -0.2) is 4.79 Å². The second-order valence-electron chi connectivity index (χ2n) is 9.45. The van der Waals surface area contributed by atoms with Gasteiger partial charge in [0.15, 0.2) is 6.23 Å². The molecule has 1 aliphatic heterocycles. The summed E-state index contributed by atoms with van der Waals surface area (Å²) in [5.74, 6) is 0. The molecule has 0 unspecified atom stereocenters. The number of nitrogens with zero attached hydrogens (tertiary/aromatic N) is 1. The zero-order valence-electron chi connectivity index (χ0n) is 22.2. The second kappa shape index (κ2) is 14.0. The van der Waals surface area contributed by atoms with Crippen LogP contribution in [0.15, 0.2) is 107 Å². The van der Waals surface area contributed by atoms with Crippen molar-refractivity contribution < 1.29 is 18.9 Å². The highest BCUT2D eigenvalue weighted by Crippen LogP contribution is 2.35. The molecule has 0 aliphatic carbocycles. The second-order valence-corrected chi connectivity index (χ2v) is 10.7. The summed E-state index contributed by atoms with van der Waals surface area (Å²) in [7, 11) is 0. The maximum absolute atomic E-state index is 13.1. The van der Waals surface area contributed by atoms with Gasteiger partial charge in [-0.1, -0.05) is 103 Å². The minimum absolute atomic E-state index is 0.267. The molecule has 40 heavy (non-hydrogen) atoms. The Morgan fingerprint density at radius 3 is 1.90 bits per heavy atom. The van der Waals surface area contributed by atoms with Gasteiger partial charge in [-0.15, -0.1) is 11.8 Å². The van der Waals surface area contributed by atoms with Gasteiger partial charge in [0.25, 0.3) is 0 Å². The van der Waals surface area contributed by atoms with E-state index in [0.717, 1.165) is 21.6 Å². The van der Waals surface area contributed by atoms with Gasteiger partial charge < -0.3 is 18.9 Å². The largest absolute Gasteiger partial charge is 0.374 e. The van der Waals surface area contributed by atoms with Crippen molar-refractivity contribution in [2.45, 2.75) is 49.3 Å². The Hall–Kier alpha value is -3.05. The van der Waals surface area contributed by atoms with Gasteiger partial charge in [-0.2, -0.15) is 0 Å². The molecule has 208 valence electrons. The van der Waals surface area contributed by atoms with Gasteiger partial charge in [0.1, 0.15) is 23.0 Å². The van der Waals surface area contributed by atoms with Crippen molar-refractivity contribution in [3.8, 4) is 0 Å². The molecule has 9 heteroatoms. The van der Waals surface area contributed by atoms with Gasteiger partial charge >= 0.3 is 5.69 Å². The topological polar surface area (TPSA) is 74.7 Å². The molecular formula is C31H32N2O5S2. The third kappa shape index (κ3) is 7.17. The van der Waals surface area contributed by atoms with Gasteiger partial charge in [-0.3, -0.25) is 9.55 Å². The summed E-state index contributed by atoms with van der Waals surface area (Å²) >= 11 is 6.82. The highest BCUT2D eigenvalue weighted by atomic mass is 32.2. The third-order valence-electron chi connectivity index (χ3n) is 6.68. The van der Waals surface area contributed by atoms with E-state index in [2.05, 4.69) is 4.98 Å². The SMILES string of the molecule is CSc1cn([C@@H]2O[C@H](COCc3ccccc3)[C@@H](OCc3ccccc3)[C@@H]2OCc2ccccc2)c(=O)[nH]c1=S. The predicted octanol–water partition coefficient (Wildman–Crippen LogP) is 5.91. The average molecular weight is 577 g/mol. The molecule has 3 aromatic carbocycles. The molecule has 7 nitrogen and oxygen atoms in total. The number of rotatable bonds is 12. The summed E-state index contributed by atoms with van der Waals surface area (Å²) in [5.41, 5.74) is 2.74. The Balaban J connectivity index is 1.44. The molecule has 2 heterocycles. The van der Waals surface area contributed by atoms with Crippen LogP contribution in [0.1, 0.15) is 22.9 Å². The molecule has 1 fully saturated rings. The van der Waals surface area contributed by atoms with Crippen LogP contribution in [-0.2, 0) is 38.8 Å². The summed E-state index contributed by atoms with van der Waals surface area (Å²) in [6.45, 7) is 1.40. The summed E-state index contributed by atoms with van der Waals surface area (Å²) in [5, 5.41) is 0. The van der Waals surface area contributed by atoms with E-state index in [9.17, 15) is 4.79 Å². The highest BCUT2D eigenvalue weighted by molar-refractivity contribution is 7.98. The van der Waals surface area contributed by atoms with Gasteiger partial charge in [0, 0.05) is 6.20 Å². The molecule has 1 N–H and O–H groups in total. The van der Waals surface area contributed by atoms with E-state index in [1.807, 2.05) is 97.3 Å². The Kier molecular flexibility index (Phi) is 9.99. The number of benzene rings is 3. The first-order valence-corrected chi connectivity index (χ1v) is 14.7. The number of H-pyrrole nitrogens is 1. The summed E-state index contributed by atoms with van der Waals surface area (Å²) in [6.07, 6.45) is 1.32. The van der Waals surface area contributed by atoms with Crippen LogP contribution < -0.4 is 5.69 Å². The fourth-order valence-corrected chi connectivity index (χ4v) is 5.49. The average Bonchev–Trinajstić information content (AvgIpc) is 3.33. The molecule has 4 aromatic rings. The number of thioether (sulfide) groups is 1. The molecule has 4 atom stereocenters. The fourth-order valence-electron chi connectivity index (χ4n) is 4.65. The number of hydrogen-bond acceptors (Lipinski definition) is 7. The first-order chi connectivity index (χ1) is 19.6. The lowest BCUT2D eigenvalue weighted by Crippen LogP contribution is -2.40. The molecule has 1 saturated heterocycles. The summed E-state index contributed by atoms with van der Waals surface area (Å²) in [4.78, 5) is 16.7. The Morgan fingerprint density at radius 1 is 0.825 bits per heavy atom. The molecule has 0 bridgehead atoms. The maximum Gasteiger partial charge on any atom is 0.328 e. The van der Waals surface area contributed by atoms with Crippen LogP contribution in [-0.4, -0.2) is 40.7 Å². The Bertz CT molecular complexity index is 1460. The summed E-state index contributed by atoms with van der Waals surface area (Å²) < 4.78 is 27.5. The standard InChI is InChI=1S/C31H32N2O5S2/c1-40-26-17-33(31(34)32-29(26)39)30-28(37-20-24-15-9-4-10-16-24)27(36-19-23-13-7-3-8-14-23)25(38-30)21-35-18-22-11-5-2-6-12-22/h2-17,25,27-28,30H,18-21H2,1H3,(H,32,34,39)/t25-,27-,28+,30-/m1/s1. The molecule has 1 aromatic heterocycles. The minimum atomic E-state index is -0.750. The Morgan fingerprint density at radius 2 is 1.35 bits per heavy atom. The quantitative estimate of drug-likeness (QED) is 0.166. The number of nitrogens with one attached hydrogen (secondary N) is 1. The fraction of sp³-hybridized carbons (Fsp3) is 0.290. The van der Waals surface area contributed by atoms with E-state index < -0.39 is 24.5 Å². The monoisotopic (exact) mass is 576 g/mol. The lowest BCUT2D eigenvalue weighted by atomic mass is 10.1. The van der Waals surface area contributed by atoms with Crippen molar-refractivity contribution >= 4 is 24.0 Å². The van der Waals surface area contributed by atoms with E-state index in [4.69, 9.17) is 31.2 Å². The van der Waals surface area contributed by atoms with Gasteiger partial charge in [0.05, 0.1) is 31.3 Å².